The molecule has 1 N–H and O–H groups in total. The summed E-state index contributed by atoms with van der Waals surface area (Å²) in [4.78, 5) is 12.6. The Labute approximate surface area is 143 Å². The number of rotatable bonds is 2. The first kappa shape index (κ1) is 16.2. The van der Waals surface area contributed by atoms with Crippen LogP contribution in [0.1, 0.15) is 36.9 Å². The van der Waals surface area contributed by atoms with Gasteiger partial charge in [-0.15, -0.1) is 0 Å². The van der Waals surface area contributed by atoms with E-state index in [4.69, 9.17) is 27.7 Å². The largest absolute Gasteiger partial charge is 0.378 e. The van der Waals surface area contributed by atoms with Gasteiger partial charge in [-0.3, -0.25) is 4.79 Å². The second kappa shape index (κ2) is 5.48. The van der Waals surface area contributed by atoms with Crippen LogP contribution in [0, 0.1) is 5.92 Å². The normalized spacial score (nSPS) is 20.7. The van der Waals surface area contributed by atoms with E-state index < -0.39 is 5.60 Å². The van der Waals surface area contributed by atoms with Crippen molar-refractivity contribution in [3.8, 4) is 11.3 Å². The van der Waals surface area contributed by atoms with Crippen LogP contribution >= 0.6 is 23.2 Å². The zero-order valence-electron chi connectivity index (χ0n) is 12.9. The first-order valence-corrected chi connectivity index (χ1v) is 7.94. The maximum Gasteiger partial charge on any atom is 0.191 e. The van der Waals surface area contributed by atoms with Gasteiger partial charge in [0.25, 0.3) is 0 Å². The topological polar surface area (TPSA) is 63.3 Å². The predicted octanol–water partition coefficient (Wildman–Crippen LogP) is 4.63. The lowest BCUT2D eigenvalue weighted by atomic mass is 9.78. The molecule has 0 spiro atoms. The third kappa shape index (κ3) is 2.42. The smallest absolute Gasteiger partial charge is 0.191 e. The van der Waals surface area contributed by atoms with Gasteiger partial charge in [-0.1, -0.05) is 48.3 Å². The minimum absolute atomic E-state index is 0.0143. The summed E-state index contributed by atoms with van der Waals surface area (Å²) in [6.07, 6.45) is 1.44. The Balaban J connectivity index is 2.27. The van der Waals surface area contributed by atoms with Crippen molar-refractivity contribution in [1.29, 1.82) is 0 Å². The van der Waals surface area contributed by atoms with Gasteiger partial charge in [0.2, 0.25) is 0 Å². The van der Waals surface area contributed by atoms with Crippen molar-refractivity contribution in [2.45, 2.75) is 26.4 Å². The molecule has 6 heteroatoms. The fourth-order valence-corrected chi connectivity index (χ4v) is 3.54. The van der Waals surface area contributed by atoms with Crippen LogP contribution in [0.2, 0.25) is 10.0 Å². The molecule has 0 aliphatic heterocycles. The van der Waals surface area contributed by atoms with E-state index in [1.807, 2.05) is 13.8 Å². The molecule has 0 saturated heterocycles. The van der Waals surface area contributed by atoms with Crippen molar-refractivity contribution < 1.29 is 14.4 Å². The molecule has 4 nitrogen and oxygen atoms in total. The van der Waals surface area contributed by atoms with Gasteiger partial charge in [-0.05, 0) is 36.6 Å². The highest BCUT2D eigenvalue weighted by Crippen LogP contribution is 2.45. The van der Waals surface area contributed by atoms with Crippen molar-refractivity contribution in [3.63, 3.8) is 0 Å². The second-order valence-electron chi connectivity index (χ2n) is 6.02. The third-order valence-electron chi connectivity index (χ3n) is 4.05. The van der Waals surface area contributed by atoms with Crippen molar-refractivity contribution in [2.24, 2.45) is 5.92 Å². The summed E-state index contributed by atoms with van der Waals surface area (Å²) < 4.78 is 5.34. The Hall–Kier alpha value is -1.62. The molecule has 0 amide bonds. The SMILES string of the molecule is CC(C)C1=CC(=O)c2c(-c3c(Cl)cccc3Cl)noc2C1(C)O. The van der Waals surface area contributed by atoms with Crippen molar-refractivity contribution >= 4 is 29.0 Å². The summed E-state index contributed by atoms with van der Waals surface area (Å²) in [6.45, 7) is 5.40. The summed E-state index contributed by atoms with van der Waals surface area (Å²) in [6, 6.07) is 5.02. The quantitative estimate of drug-likeness (QED) is 0.856. The van der Waals surface area contributed by atoms with Gasteiger partial charge >= 0.3 is 0 Å². The molecule has 2 aromatic rings. The first-order chi connectivity index (χ1) is 10.7. The number of benzene rings is 1. The fourth-order valence-electron chi connectivity index (χ4n) is 2.96. The van der Waals surface area contributed by atoms with Crippen molar-refractivity contribution in [2.75, 3.05) is 0 Å². The minimum atomic E-state index is -1.41. The maximum atomic E-state index is 12.6. The van der Waals surface area contributed by atoms with E-state index in [0.29, 0.717) is 21.2 Å². The summed E-state index contributed by atoms with van der Waals surface area (Å²) >= 11 is 12.4. The molecule has 1 atom stereocenters. The van der Waals surface area contributed by atoms with Gasteiger partial charge < -0.3 is 9.63 Å². The molecule has 1 aliphatic carbocycles. The number of allylic oxidation sites excluding steroid dienone is 1. The summed E-state index contributed by atoms with van der Waals surface area (Å²) in [5.74, 6) is -0.165. The Morgan fingerprint density at radius 3 is 2.39 bits per heavy atom. The molecule has 1 heterocycles. The van der Waals surface area contributed by atoms with Gasteiger partial charge in [0.15, 0.2) is 11.5 Å². The van der Waals surface area contributed by atoms with Gasteiger partial charge in [0.1, 0.15) is 11.3 Å². The molecule has 0 fully saturated rings. The van der Waals surface area contributed by atoms with E-state index in [1.54, 1.807) is 25.1 Å². The lowest BCUT2D eigenvalue weighted by Crippen LogP contribution is -2.32. The van der Waals surface area contributed by atoms with Crippen LogP contribution in [0.25, 0.3) is 11.3 Å². The Morgan fingerprint density at radius 1 is 1.22 bits per heavy atom. The van der Waals surface area contributed by atoms with Crippen LogP contribution in [0.4, 0.5) is 0 Å². The van der Waals surface area contributed by atoms with Gasteiger partial charge in [0, 0.05) is 5.56 Å². The van der Waals surface area contributed by atoms with Gasteiger partial charge in [-0.25, -0.2) is 0 Å². The summed E-state index contributed by atoms with van der Waals surface area (Å²) in [7, 11) is 0. The summed E-state index contributed by atoms with van der Waals surface area (Å²) in [5.41, 5.74) is 0.0554. The molecule has 3 rings (SSSR count). The predicted molar refractivity (Wildman–Crippen MR) is 88.8 cm³/mol. The fraction of sp³-hybridized carbons (Fsp3) is 0.294. The highest BCUT2D eigenvalue weighted by atomic mass is 35.5. The number of aromatic nitrogens is 1. The van der Waals surface area contributed by atoms with Crippen LogP contribution in [-0.4, -0.2) is 16.0 Å². The Bertz CT molecular complexity index is 814. The van der Waals surface area contributed by atoms with E-state index >= 15 is 0 Å². The number of carbonyl (C=O) groups is 1. The lowest BCUT2D eigenvalue weighted by Gasteiger charge is -2.30. The van der Waals surface area contributed by atoms with Gasteiger partial charge in [0.05, 0.1) is 15.6 Å². The molecule has 23 heavy (non-hydrogen) atoms. The zero-order chi connectivity index (χ0) is 16.9. The van der Waals surface area contributed by atoms with Crippen molar-refractivity contribution in [3.05, 3.63) is 51.2 Å². The zero-order valence-corrected chi connectivity index (χ0v) is 14.4. The Morgan fingerprint density at radius 2 is 1.83 bits per heavy atom. The van der Waals surface area contributed by atoms with Crippen LogP contribution in [0.15, 0.2) is 34.4 Å². The van der Waals surface area contributed by atoms with E-state index in [9.17, 15) is 9.90 Å². The number of hydrogen-bond donors (Lipinski definition) is 1. The number of carbonyl (C=O) groups excluding carboxylic acids is 1. The first-order valence-electron chi connectivity index (χ1n) is 7.18. The van der Waals surface area contributed by atoms with Crippen LogP contribution in [0.3, 0.4) is 0 Å². The molecule has 1 aromatic heterocycles. The monoisotopic (exact) mass is 351 g/mol. The van der Waals surface area contributed by atoms with E-state index in [0.717, 1.165) is 0 Å². The number of nitrogens with zero attached hydrogens (tertiary/aromatic N) is 1. The van der Waals surface area contributed by atoms with E-state index in [1.165, 1.54) is 6.08 Å². The molecule has 120 valence electrons. The highest BCUT2D eigenvalue weighted by molar-refractivity contribution is 6.39. The summed E-state index contributed by atoms with van der Waals surface area (Å²) in [5, 5.41) is 15.5. The van der Waals surface area contributed by atoms with Crippen LogP contribution < -0.4 is 0 Å². The molecule has 0 bridgehead atoms. The lowest BCUT2D eigenvalue weighted by molar-refractivity contribution is 0.0515. The van der Waals surface area contributed by atoms with E-state index in [2.05, 4.69) is 5.16 Å². The van der Waals surface area contributed by atoms with Crippen molar-refractivity contribution in [1.82, 2.24) is 5.16 Å². The standard InChI is InChI=1S/C17H15Cl2NO3/c1-8(2)9-7-12(21)14-15(20-23-16(14)17(9,3)22)13-10(18)5-4-6-11(13)19/h4-8,22H,1-3H3. The molecule has 1 aliphatic rings. The maximum absolute atomic E-state index is 12.6. The number of aliphatic hydroxyl groups is 1. The number of halogens is 2. The highest BCUT2D eigenvalue weighted by Gasteiger charge is 2.43. The average Bonchev–Trinajstić information content (AvgIpc) is 2.88. The van der Waals surface area contributed by atoms with Crippen LogP contribution in [-0.2, 0) is 5.60 Å². The number of fused-ring (bicyclic) bond motifs is 1. The minimum Gasteiger partial charge on any atom is -0.378 e. The molecule has 1 aromatic carbocycles. The van der Waals surface area contributed by atoms with E-state index in [-0.39, 0.29) is 28.7 Å². The molecule has 0 saturated carbocycles. The Kier molecular flexibility index (Phi) is 3.87. The van der Waals surface area contributed by atoms with Gasteiger partial charge in [-0.2, -0.15) is 0 Å². The van der Waals surface area contributed by atoms with Crippen LogP contribution in [0.5, 0.6) is 0 Å². The number of ketones is 1. The molecular weight excluding hydrogens is 337 g/mol. The third-order valence-corrected chi connectivity index (χ3v) is 4.68. The average molecular weight is 352 g/mol. The molecule has 1 unspecified atom stereocenters. The second-order valence-corrected chi connectivity index (χ2v) is 6.84. The molecular formula is C17H15Cl2NO3. The molecule has 0 radical (unpaired) electrons. The number of hydrogen-bond acceptors (Lipinski definition) is 4.